The van der Waals surface area contributed by atoms with Crippen molar-refractivity contribution < 1.29 is 4.79 Å². The summed E-state index contributed by atoms with van der Waals surface area (Å²) in [6.45, 7) is 3.94. The first-order chi connectivity index (χ1) is 8.27. The average Bonchev–Trinajstić information content (AvgIpc) is 3.14. The number of hydrogen-bond donors (Lipinski definition) is 2. The van der Waals surface area contributed by atoms with Crippen molar-refractivity contribution in [1.29, 1.82) is 0 Å². The summed E-state index contributed by atoms with van der Waals surface area (Å²) in [4.78, 5) is 13.8. The van der Waals surface area contributed by atoms with Gasteiger partial charge in [-0.15, -0.1) is 0 Å². The summed E-state index contributed by atoms with van der Waals surface area (Å²) in [5, 5.41) is 6.42. The van der Waals surface area contributed by atoms with Crippen LogP contribution >= 0.6 is 0 Å². The third-order valence-corrected chi connectivity index (χ3v) is 3.85. The summed E-state index contributed by atoms with van der Waals surface area (Å²) in [5.41, 5.74) is 0. The Labute approximate surface area is 104 Å². The minimum Gasteiger partial charge on any atom is -0.355 e. The van der Waals surface area contributed by atoms with E-state index in [4.69, 9.17) is 0 Å². The fraction of sp³-hybridized carbons (Fsp3) is 0.923. The van der Waals surface area contributed by atoms with E-state index in [1.807, 2.05) is 0 Å². The Bertz CT molecular complexity index is 253. The lowest BCUT2D eigenvalue weighted by Gasteiger charge is -2.32. The van der Waals surface area contributed by atoms with Gasteiger partial charge in [-0.25, -0.2) is 0 Å². The highest BCUT2D eigenvalue weighted by atomic mass is 16.2. The molecule has 0 aromatic heterocycles. The molecule has 1 saturated heterocycles. The SMILES string of the molecule is CN1CCCCC1CNCCNC(=O)C1CC1. The number of hydrogen-bond acceptors (Lipinski definition) is 3. The minimum absolute atomic E-state index is 0.251. The number of nitrogens with zero attached hydrogens (tertiary/aromatic N) is 1. The number of likely N-dealkylation sites (N-methyl/N-ethyl adjacent to an activating group) is 1. The van der Waals surface area contributed by atoms with Crippen molar-refractivity contribution in [3.8, 4) is 0 Å². The number of nitrogens with one attached hydrogen (secondary N) is 2. The quantitative estimate of drug-likeness (QED) is 0.667. The molecular formula is C13H25N3O. The second-order valence-corrected chi connectivity index (χ2v) is 5.40. The van der Waals surface area contributed by atoms with Gasteiger partial charge >= 0.3 is 0 Å². The monoisotopic (exact) mass is 239 g/mol. The van der Waals surface area contributed by atoms with Gasteiger partial charge in [0.2, 0.25) is 5.91 Å². The summed E-state index contributed by atoms with van der Waals surface area (Å²) in [6.07, 6.45) is 6.18. The van der Waals surface area contributed by atoms with E-state index in [-0.39, 0.29) is 5.91 Å². The van der Waals surface area contributed by atoms with E-state index >= 15 is 0 Å². The maximum absolute atomic E-state index is 11.4. The molecule has 1 heterocycles. The molecule has 2 fully saturated rings. The maximum Gasteiger partial charge on any atom is 0.223 e. The van der Waals surface area contributed by atoms with Gasteiger partial charge in [0.25, 0.3) is 0 Å². The topological polar surface area (TPSA) is 44.4 Å². The van der Waals surface area contributed by atoms with Crippen LogP contribution in [0.4, 0.5) is 0 Å². The minimum atomic E-state index is 0.251. The van der Waals surface area contributed by atoms with E-state index in [2.05, 4.69) is 22.6 Å². The number of amides is 1. The number of carbonyl (C=O) groups excluding carboxylic acids is 1. The molecule has 1 atom stereocenters. The summed E-state index contributed by atoms with van der Waals surface area (Å²) in [6, 6.07) is 0.683. The standard InChI is InChI=1S/C13H25N3O/c1-16-9-3-2-4-12(16)10-14-7-8-15-13(17)11-5-6-11/h11-12,14H,2-10H2,1H3,(H,15,17). The van der Waals surface area contributed by atoms with Gasteiger partial charge in [-0.3, -0.25) is 4.79 Å². The summed E-state index contributed by atoms with van der Waals surface area (Å²) >= 11 is 0. The van der Waals surface area contributed by atoms with Crippen LogP contribution in [0.5, 0.6) is 0 Å². The van der Waals surface area contributed by atoms with E-state index in [0.717, 1.165) is 32.5 Å². The zero-order valence-corrected chi connectivity index (χ0v) is 10.9. The van der Waals surface area contributed by atoms with Gasteiger partial charge in [-0.1, -0.05) is 6.42 Å². The number of likely N-dealkylation sites (tertiary alicyclic amines) is 1. The van der Waals surface area contributed by atoms with Gasteiger partial charge in [-0.2, -0.15) is 0 Å². The van der Waals surface area contributed by atoms with Gasteiger partial charge < -0.3 is 15.5 Å². The third kappa shape index (κ3) is 4.28. The molecular weight excluding hydrogens is 214 g/mol. The van der Waals surface area contributed by atoms with Crippen molar-refractivity contribution >= 4 is 5.91 Å². The lowest BCUT2D eigenvalue weighted by Crippen LogP contribution is -2.44. The van der Waals surface area contributed by atoms with Crippen molar-refractivity contribution in [2.24, 2.45) is 5.92 Å². The molecule has 1 saturated carbocycles. The molecule has 4 nitrogen and oxygen atoms in total. The van der Waals surface area contributed by atoms with E-state index in [1.54, 1.807) is 0 Å². The molecule has 0 bridgehead atoms. The van der Waals surface area contributed by atoms with Crippen LogP contribution in [-0.2, 0) is 4.79 Å². The van der Waals surface area contributed by atoms with Crippen LogP contribution in [0.3, 0.4) is 0 Å². The molecule has 2 N–H and O–H groups in total. The first kappa shape index (κ1) is 12.8. The molecule has 2 rings (SSSR count). The van der Waals surface area contributed by atoms with E-state index < -0.39 is 0 Å². The normalized spacial score (nSPS) is 25.8. The highest BCUT2D eigenvalue weighted by molar-refractivity contribution is 5.80. The van der Waals surface area contributed by atoms with Crippen molar-refractivity contribution in [3.05, 3.63) is 0 Å². The molecule has 4 heteroatoms. The first-order valence-corrected chi connectivity index (χ1v) is 6.96. The number of rotatable bonds is 6. The molecule has 0 radical (unpaired) electrons. The second-order valence-electron chi connectivity index (χ2n) is 5.40. The molecule has 1 aliphatic carbocycles. The van der Waals surface area contributed by atoms with Crippen LogP contribution < -0.4 is 10.6 Å². The summed E-state index contributed by atoms with van der Waals surface area (Å²) in [5.74, 6) is 0.584. The Morgan fingerprint density at radius 3 is 2.76 bits per heavy atom. The van der Waals surface area contributed by atoms with E-state index in [1.165, 1.54) is 25.8 Å². The zero-order valence-electron chi connectivity index (χ0n) is 10.9. The van der Waals surface area contributed by atoms with Crippen LogP contribution in [0, 0.1) is 5.92 Å². The van der Waals surface area contributed by atoms with Crippen molar-refractivity contribution in [1.82, 2.24) is 15.5 Å². The molecule has 1 aliphatic heterocycles. The Hall–Kier alpha value is -0.610. The van der Waals surface area contributed by atoms with Crippen LogP contribution in [0.2, 0.25) is 0 Å². The van der Waals surface area contributed by atoms with E-state index in [0.29, 0.717) is 12.0 Å². The molecule has 0 aromatic carbocycles. The smallest absolute Gasteiger partial charge is 0.223 e. The fourth-order valence-corrected chi connectivity index (χ4v) is 2.43. The number of piperidine rings is 1. The Balaban J connectivity index is 1.48. The maximum atomic E-state index is 11.4. The van der Waals surface area contributed by atoms with Gasteiger partial charge in [-0.05, 0) is 39.3 Å². The Morgan fingerprint density at radius 2 is 2.06 bits per heavy atom. The molecule has 1 unspecified atom stereocenters. The second kappa shape index (κ2) is 6.36. The van der Waals surface area contributed by atoms with E-state index in [9.17, 15) is 4.79 Å². The lowest BCUT2D eigenvalue weighted by molar-refractivity contribution is -0.122. The highest BCUT2D eigenvalue weighted by Gasteiger charge is 2.28. The lowest BCUT2D eigenvalue weighted by atomic mass is 10.0. The van der Waals surface area contributed by atoms with Crippen LogP contribution in [0.25, 0.3) is 0 Å². The molecule has 0 spiro atoms. The summed E-state index contributed by atoms with van der Waals surface area (Å²) < 4.78 is 0. The van der Waals surface area contributed by atoms with Gasteiger partial charge in [0.1, 0.15) is 0 Å². The molecule has 0 aromatic rings. The molecule has 17 heavy (non-hydrogen) atoms. The van der Waals surface area contributed by atoms with Crippen LogP contribution in [-0.4, -0.2) is 50.1 Å². The number of carbonyl (C=O) groups is 1. The molecule has 2 aliphatic rings. The average molecular weight is 239 g/mol. The predicted molar refractivity (Wildman–Crippen MR) is 68.9 cm³/mol. The largest absolute Gasteiger partial charge is 0.355 e. The van der Waals surface area contributed by atoms with Crippen molar-refractivity contribution in [3.63, 3.8) is 0 Å². The van der Waals surface area contributed by atoms with Gasteiger partial charge in [0.05, 0.1) is 0 Å². The fourth-order valence-electron chi connectivity index (χ4n) is 2.43. The predicted octanol–water partition coefficient (Wildman–Crippen LogP) is 0.587. The van der Waals surface area contributed by atoms with Crippen molar-refractivity contribution in [2.75, 3.05) is 33.2 Å². The third-order valence-electron chi connectivity index (χ3n) is 3.85. The van der Waals surface area contributed by atoms with Crippen molar-refractivity contribution in [2.45, 2.75) is 38.1 Å². The van der Waals surface area contributed by atoms with Crippen LogP contribution in [0.1, 0.15) is 32.1 Å². The first-order valence-electron chi connectivity index (χ1n) is 6.96. The van der Waals surface area contributed by atoms with Gasteiger partial charge in [0, 0.05) is 31.6 Å². The molecule has 1 amide bonds. The Morgan fingerprint density at radius 1 is 1.24 bits per heavy atom. The zero-order chi connectivity index (χ0) is 12.1. The highest BCUT2D eigenvalue weighted by Crippen LogP contribution is 2.28. The molecule has 98 valence electrons. The van der Waals surface area contributed by atoms with Gasteiger partial charge in [0.15, 0.2) is 0 Å². The Kier molecular flexibility index (Phi) is 4.80. The summed E-state index contributed by atoms with van der Waals surface area (Å²) in [7, 11) is 2.21. The van der Waals surface area contributed by atoms with Crippen LogP contribution in [0.15, 0.2) is 0 Å².